The fourth-order valence-corrected chi connectivity index (χ4v) is 2.17. The summed E-state index contributed by atoms with van der Waals surface area (Å²) >= 11 is 0. The van der Waals surface area contributed by atoms with Gasteiger partial charge in [-0.1, -0.05) is 24.8 Å². The molecule has 4 heteroatoms. The Morgan fingerprint density at radius 1 is 1.27 bits per heavy atom. The minimum atomic E-state index is -3.62. The van der Waals surface area contributed by atoms with E-state index in [-0.39, 0.29) is 11.0 Å². The second-order valence-corrected chi connectivity index (χ2v) is 4.94. The van der Waals surface area contributed by atoms with Gasteiger partial charge in [0.15, 0.2) is 0 Å². The summed E-state index contributed by atoms with van der Waals surface area (Å²) in [7, 11) is -3.62. The van der Waals surface area contributed by atoms with E-state index in [0.29, 0.717) is 0 Å². The van der Waals surface area contributed by atoms with Crippen LogP contribution in [0.4, 0.5) is 0 Å². The minimum Gasteiger partial charge on any atom is -0.264 e. The molecule has 0 radical (unpaired) electrons. The standard InChI is InChI=1S/C11H14O3S/c1-4-10-5-7-11(8-6-10)15(12,13)14-9(2)3/h4-9H,1H2,2-3H3. The summed E-state index contributed by atoms with van der Waals surface area (Å²) in [4.78, 5) is 0.168. The second-order valence-electron chi connectivity index (χ2n) is 3.37. The molecule has 0 aromatic heterocycles. The van der Waals surface area contributed by atoms with Crippen LogP contribution in [0.15, 0.2) is 35.7 Å². The van der Waals surface area contributed by atoms with Crippen LogP contribution in [-0.2, 0) is 14.3 Å². The molecule has 0 spiro atoms. The molecule has 15 heavy (non-hydrogen) atoms. The fourth-order valence-electron chi connectivity index (χ4n) is 1.08. The molecule has 1 rings (SSSR count). The molecule has 0 aliphatic carbocycles. The molecule has 1 aromatic rings. The van der Waals surface area contributed by atoms with E-state index >= 15 is 0 Å². The van der Waals surface area contributed by atoms with Crippen molar-refractivity contribution in [3.8, 4) is 0 Å². The van der Waals surface area contributed by atoms with E-state index in [2.05, 4.69) is 6.58 Å². The smallest absolute Gasteiger partial charge is 0.264 e. The summed E-state index contributed by atoms with van der Waals surface area (Å²) in [5, 5.41) is 0. The molecular weight excluding hydrogens is 212 g/mol. The summed E-state index contributed by atoms with van der Waals surface area (Å²) in [5.41, 5.74) is 0.874. The third-order valence-corrected chi connectivity index (χ3v) is 3.21. The van der Waals surface area contributed by atoms with E-state index < -0.39 is 10.1 Å². The van der Waals surface area contributed by atoms with Gasteiger partial charge in [0.2, 0.25) is 0 Å². The van der Waals surface area contributed by atoms with Gasteiger partial charge in [-0.2, -0.15) is 8.42 Å². The number of hydrogen-bond donors (Lipinski definition) is 0. The Hall–Kier alpha value is -1.13. The molecule has 0 saturated heterocycles. The second kappa shape index (κ2) is 4.59. The van der Waals surface area contributed by atoms with Crippen LogP contribution in [0, 0.1) is 0 Å². The van der Waals surface area contributed by atoms with Gasteiger partial charge in [-0.3, -0.25) is 4.18 Å². The predicted octanol–water partition coefficient (Wildman–Crippen LogP) is 2.44. The quantitative estimate of drug-likeness (QED) is 0.741. The van der Waals surface area contributed by atoms with Gasteiger partial charge < -0.3 is 0 Å². The van der Waals surface area contributed by atoms with Crippen LogP contribution in [0.2, 0.25) is 0 Å². The van der Waals surface area contributed by atoms with Crippen LogP contribution in [0.5, 0.6) is 0 Å². The SMILES string of the molecule is C=Cc1ccc(S(=O)(=O)OC(C)C)cc1. The zero-order valence-electron chi connectivity index (χ0n) is 8.80. The third kappa shape index (κ3) is 3.18. The summed E-state index contributed by atoms with van der Waals surface area (Å²) in [5.74, 6) is 0. The lowest BCUT2D eigenvalue weighted by Crippen LogP contribution is -2.12. The summed E-state index contributed by atoms with van der Waals surface area (Å²) in [6, 6.07) is 6.39. The molecule has 3 nitrogen and oxygen atoms in total. The maximum absolute atomic E-state index is 11.6. The van der Waals surface area contributed by atoms with Gasteiger partial charge in [-0.15, -0.1) is 0 Å². The van der Waals surface area contributed by atoms with Gasteiger partial charge >= 0.3 is 0 Å². The van der Waals surface area contributed by atoms with E-state index in [1.54, 1.807) is 32.1 Å². The van der Waals surface area contributed by atoms with Crippen LogP contribution in [-0.4, -0.2) is 14.5 Å². The zero-order chi connectivity index (χ0) is 11.5. The molecule has 82 valence electrons. The van der Waals surface area contributed by atoms with Crippen molar-refractivity contribution in [1.29, 1.82) is 0 Å². The Labute approximate surface area is 90.5 Å². The zero-order valence-corrected chi connectivity index (χ0v) is 9.62. The molecule has 0 saturated carbocycles. The van der Waals surface area contributed by atoms with Crippen molar-refractivity contribution in [3.63, 3.8) is 0 Å². The molecule has 0 bridgehead atoms. The highest BCUT2D eigenvalue weighted by Gasteiger charge is 2.16. The van der Waals surface area contributed by atoms with Crippen LogP contribution in [0.3, 0.4) is 0 Å². The summed E-state index contributed by atoms with van der Waals surface area (Å²) < 4.78 is 28.0. The van der Waals surface area contributed by atoms with Crippen molar-refractivity contribution in [3.05, 3.63) is 36.4 Å². The van der Waals surface area contributed by atoms with Gasteiger partial charge in [0, 0.05) is 0 Å². The molecular formula is C11H14O3S. The van der Waals surface area contributed by atoms with Gasteiger partial charge in [0.25, 0.3) is 10.1 Å². The first-order valence-electron chi connectivity index (χ1n) is 4.61. The maximum atomic E-state index is 11.6. The van der Waals surface area contributed by atoms with Crippen LogP contribution in [0.25, 0.3) is 6.08 Å². The highest BCUT2D eigenvalue weighted by molar-refractivity contribution is 7.86. The summed E-state index contributed by atoms with van der Waals surface area (Å²) in [6.07, 6.45) is 1.30. The Morgan fingerprint density at radius 2 is 1.80 bits per heavy atom. The fraction of sp³-hybridized carbons (Fsp3) is 0.273. The van der Waals surface area contributed by atoms with E-state index in [4.69, 9.17) is 4.18 Å². The van der Waals surface area contributed by atoms with Crippen LogP contribution < -0.4 is 0 Å². The van der Waals surface area contributed by atoms with E-state index in [1.165, 1.54) is 12.1 Å². The van der Waals surface area contributed by atoms with Gasteiger partial charge in [-0.05, 0) is 31.5 Å². The van der Waals surface area contributed by atoms with Gasteiger partial charge in [0.1, 0.15) is 0 Å². The Bertz CT molecular complexity index is 429. The summed E-state index contributed by atoms with van der Waals surface area (Å²) in [6.45, 7) is 6.94. The predicted molar refractivity (Wildman–Crippen MR) is 59.9 cm³/mol. The Balaban J connectivity index is 3.00. The van der Waals surface area contributed by atoms with Crippen molar-refractivity contribution in [2.24, 2.45) is 0 Å². The van der Waals surface area contributed by atoms with Crippen molar-refractivity contribution in [2.45, 2.75) is 24.8 Å². The Morgan fingerprint density at radius 3 is 2.20 bits per heavy atom. The molecule has 0 aliphatic heterocycles. The molecule has 0 heterocycles. The normalized spacial score (nSPS) is 11.7. The van der Waals surface area contributed by atoms with E-state index in [0.717, 1.165) is 5.56 Å². The van der Waals surface area contributed by atoms with Gasteiger partial charge in [-0.25, -0.2) is 0 Å². The monoisotopic (exact) mass is 226 g/mol. The lowest BCUT2D eigenvalue weighted by molar-refractivity contribution is 0.249. The number of rotatable bonds is 4. The first-order valence-corrected chi connectivity index (χ1v) is 6.02. The third-order valence-electron chi connectivity index (χ3n) is 1.72. The highest BCUT2D eigenvalue weighted by Crippen LogP contribution is 2.15. The molecule has 0 amide bonds. The average molecular weight is 226 g/mol. The molecule has 0 aliphatic rings. The molecule has 0 N–H and O–H groups in total. The first kappa shape index (κ1) is 11.9. The first-order chi connectivity index (χ1) is 6.95. The number of benzene rings is 1. The van der Waals surface area contributed by atoms with Crippen molar-refractivity contribution < 1.29 is 12.6 Å². The highest BCUT2D eigenvalue weighted by atomic mass is 32.2. The molecule has 0 atom stereocenters. The lowest BCUT2D eigenvalue weighted by atomic mass is 10.2. The Kier molecular flexibility index (Phi) is 3.66. The van der Waals surface area contributed by atoms with Crippen LogP contribution in [0.1, 0.15) is 19.4 Å². The van der Waals surface area contributed by atoms with E-state index in [1.807, 2.05) is 0 Å². The maximum Gasteiger partial charge on any atom is 0.297 e. The van der Waals surface area contributed by atoms with E-state index in [9.17, 15) is 8.42 Å². The average Bonchev–Trinajstić information content (AvgIpc) is 2.16. The topological polar surface area (TPSA) is 43.4 Å². The van der Waals surface area contributed by atoms with Crippen molar-refractivity contribution >= 4 is 16.2 Å². The van der Waals surface area contributed by atoms with Gasteiger partial charge in [0.05, 0.1) is 11.0 Å². The van der Waals surface area contributed by atoms with Crippen LogP contribution >= 0.6 is 0 Å². The largest absolute Gasteiger partial charge is 0.297 e. The molecule has 0 fully saturated rings. The molecule has 1 aromatic carbocycles. The molecule has 0 unspecified atom stereocenters. The lowest BCUT2D eigenvalue weighted by Gasteiger charge is -2.08. The van der Waals surface area contributed by atoms with Crippen molar-refractivity contribution in [1.82, 2.24) is 0 Å². The number of hydrogen-bond acceptors (Lipinski definition) is 3. The van der Waals surface area contributed by atoms with Crippen molar-refractivity contribution in [2.75, 3.05) is 0 Å². The minimum absolute atomic E-state index is 0.168.